The third-order valence-corrected chi connectivity index (χ3v) is 3.91. The van der Waals surface area contributed by atoms with Crippen LogP contribution in [0.3, 0.4) is 0 Å². The van der Waals surface area contributed by atoms with E-state index in [0.29, 0.717) is 0 Å². The lowest BCUT2D eigenvalue weighted by molar-refractivity contribution is 0.191. The zero-order valence-electron chi connectivity index (χ0n) is 9.07. The minimum atomic E-state index is -0.308. The smallest absolute Gasteiger partial charge is 0.110 e. The van der Waals surface area contributed by atoms with E-state index in [1.807, 2.05) is 0 Å². The number of rotatable bonds is 3. The number of hydrogen-bond donors (Lipinski definition) is 0. The number of thiophene rings is 1. The maximum atomic E-state index is 9.36. The molecule has 1 aliphatic heterocycles. The lowest BCUT2D eigenvalue weighted by Crippen LogP contribution is -2.45. The van der Waals surface area contributed by atoms with Crippen molar-refractivity contribution in [3.05, 3.63) is 22.4 Å². The molecule has 0 amide bonds. The summed E-state index contributed by atoms with van der Waals surface area (Å²) in [5.74, 6) is 0. The van der Waals surface area contributed by atoms with E-state index in [4.69, 9.17) is 0 Å². The largest absolute Gasteiger partial charge is 0.285 e. The van der Waals surface area contributed by atoms with Gasteiger partial charge in [0.2, 0.25) is 0 Å². The number of hydrogen-bond acceptors (Lipinski definition) is 3. The van der Waals surface area contributed by atoms with Gasteiger partial charge in [0.25, 0.3) is 0 Å². The van der Waals surface area contributed by atoms with Gasteiger partial charge in [-0.15, -0.1) is 0 Å². The Labute approximate surface area is 95.1 Å². The van der Waals surface area contributed by atoms with Crippen molar-refractivity contribution >= 4 is 11.3 Å². The Bertz CT molecular complexity index is 346. The van der Waals surface area contributed by atoms with Crippen molar-refractivity contribution in [1.82, 2.24) is 4.90 Å². The Hall–Kier alpha value is -0.850. The van der Waals surface area contributed by atoms with Crippen molar-refractivity contribution in [3.63, 3.8) is 0 Å². The van der Waals surface area contributed by atoms with Crippen LogP contribution in [0.4, 0.5) is 0 Å². The van der Waals surface area contributed by atoms with E-state index in [1.165, 1.54) is 18.4 Å². The Morgan fingerprint density at radius 3 is 2.80 bits per heavy atom. The fraction of sp³-hybridized carbons (Fsp3) is 0.583. The second-order valence-electron chi connectivity index (χ2n) is 4.39. The van der Waals surface area contributed by atoms with E-state index >= 15 is 0 Å². The summed E-state index contributed by atoms with van der Waals surface area (Å²) in [5.41, 5.74) is 0.980. The van der Waals surface area contributed by atoms with Gasteiger partial charge in [0, 0.05) is 6.42 Å². The molecular weight excluding hydrogens is 204 g/mol. The van der Waals surface area contributed by atoms with Crippen molar-refractivity contribution in [3.8, 4) is 6.07 Å². The highest BCUT2D eigenvalue weighted by Crippen LogP contribution is 2.25. The van der Waals surface area contributed by atoms with E-state index in [-0.39, 0.29) is 5.54 Å². The molecule has 80 valence electrons. The summed E-state index contributed by atoms with van der Waals surface area (Å²) in [4.78, 5) is 2.32. The molecule has 15 heavy (non-hydrogen) atoms. The molecule has 2 nitrogen and oxygen atoms in total. The molecule has 1 unspecified atom stereocenters. The minimum Gasteiger partial charge on any atom is -0.285 e. The molecule has 0 spiro atoms. The Morgan fingerprint density at radius 1 is 1.53 bits per heavy atom. The molecule has 0 aliphatic carbocycles. The van der Waals surface area contributed by atoms with E-state index in [9.17, 15) is 5.26 Å². The molecule has 1 aromatic heterocycles. The first-order chi connectivity index (χ1) is 7.24. The first-order valence-corrected chi connectivity index (χ1v) is 6.36. The van der Waals surface area contributed by atoms with Gasteiger partial charge >= 0.3 is 0 Å². The predicted molar refractivity (Wildman–Crippen MR) is 62.8 cm³/mol. The molecule has 1 atom stereocenters. The second-order valence-corrected chi connectivity index (χ2v) is 5.17. The van der Waals surface area contributed by atoms with Gasteiger partial charge in [0.15, 0.2) is 0 Å². The summed E-state index contributed by atoms with van der Waals surface area (Å²) >= 11 is 1.71. The zero-order valence-corrected chi connectivity index (χ0v) is 9.89. The van der Waals surface area contributed by atoms with Crippen LogP contribution in [-0.4, -0.2) is 23.5 Å². The second kappa shape index (κ2) is 4.34. The fourth-order valence-corrected chi connectivity index (χ4v) is 2.89. The lowest BCUT2D eigenvalue weighted by atomic mass is 9.94. The minimum absolute atomic E-state index is 0.308. The van der Waals surface area contributed by atoms with Crippen LogP contribution in [0.1, 0.15) is 25.3 Å². The maximum Gasteiger partial charge on any atom is 0.110 e. The molecule has 1 aliphatic rings. The average molecular weight is 220 g/mol. The van der Waals surface area contributed by atoms with Gasteiger partial charge in [0.05, 0.1) is 6.07 Å². The van der Waals surface area contributed by atoms with Gasteiger partial charge in [-0.25, -0.2) is 0 Å². The van der Waals surface area contributed by atoms with Crippen LogP contribution >= 0.6 is 11.3 Å². The molecule has 0 radical (unpaired) electrons. The van der Waals surface area contributed by atoms with E-state index < -0.39 is 0 Å². The van der Waals surface area contributed by atoms with Gasteiger partial charge in [0.1, 0.15) is 5.54 Å². The SMILES string of the molecule is CC(C#N)(Cc1ccsc1)N1CCCC1. The van der Waals surface area contributed by atoms with Gasteiger partial charge < -0.3 is 0 Å². The molecule has 0 aromatic carbocycles. The number of nitriles is 1. The van der Waals surface area contributed by atoms with Crippen molar-refractivity contribution in [2.75, 3.05) is 13.1 Å². The molecule has 1 fully saturated rings. The highest BCUT2D eigenvalue weighted by atomic mass is 32.1. The summed E-state index contributed by atoms with van der Waals surface area (Å²) in [6.45, 7) is 4.22. The first-order valence-electron chi connectivity index (χ1n) is 5.42. The average Bonchev–Trinajstić information content (AvgIpc) is 2.89. The summed E-state index contributed by atoms with van der Waals surface area (Å²) in [7, 11) is 0. The highest BCUT2D eigenvalue weighted by Gasteiger charge is 2.33. The Morgan fingerprint density at radius 2 is 2.27 bits per heavy atom. The molecule has 2 heterocycles. The molecule has 0 bridgehead atoms. The van der Waals surface area contributed by atoms with Gasteiger partial charge in [-0.1, -0.05) is 0 Å². The van der Waals surface area contributed by atoms with Crippen LogP contribution in [0.25, 0.3) is 0 Å². The highest BCUT2D eigenvalue weighted by molar-refractivity contribution is 7.07. The maximum absolute atomic E-state index is 9.36. The van der Waals surface area contributed by atoms with Crippen LogP contribution in [0, 0.1) is 11.3 Å². The third kappa shape index (κ3) is 2.22. The van der Waals surface area contributed by atoms with Gasteiger partial charge in [-0.2, -0.15) is 16.6 Å². The van der Waals surface area contributed by atoms with Gasteiger partial charge in [-0.05, 0) is 55.2 Å². The van der Waals surface area contributed by atoms with E-state index in [1.54, 1.807) is 11.3 Å². The molecule has 3 heteroatoms. The summed E-state index contributed by atoms with van der Waals surface area (Å²) in [5, 5.41) is 13.6. The third-order valence-electron chi connectivity index (χ3n) is 3.17. The molecule has 2 rings (SSSR count). The van der Waals surface area contributed by atoms with Crippen LogP contribution in [-0.2, 0) is 6.42 Å². The monoisotopic (exact) mass is 220 g/mol. The fourth-order valence-electron chi connectivity index (χ4n) is 2.22. The predicted octanol–water partition coefficient (Wildman–Crippen LogP) is 2.67. The summed E-state index contributed by atoms with van der Waals surface area (Å²) in [6, 6.07) is 4.61. The van der Waals surface area contributed by atoms with Crippen molar-refractivity contribution in [2.24, 2.45) is 0 Å². The van der Waals surface area contributed by atoms with Crippen molar-refractivity contribution < 1.29 is 0 Å². The molecule has 1 saturated heterocycles. The normalized spacial score (nSPS) is 21.1. The summed E-state index contributed by atoms with van der Waals surface area (Å²) < 4.78 is 0. The first kappa shape index (κ1) is 10.7. The van der Waals surface area contributed by atoms with E-state index in [0.717, 1.165) is 19.5 Å². The molecule has 0 N–H and O–H groups in total. The van der Waals surface area contributed by atoms with Crippen LogP contribution in [0.5, 0.6) is 0 Å². The van der Waals surface area contributed by atoms with E-state index in [2.05, 4.69) is 34.7 Å². The Kier molecular flexibility index (Phi) is 3.08. The lowest BCUT2D eigenvalue weighted by Gasteiger charge is -2.32. The van der Waals surface area contributed by atoms with Crippen LogP contribution in [0.15, 0.2) is 16.8 Å². The standard InChI is InChI=1S/C12H16N2S/c1-12(10-13,14-5-2-3-6-14)8-11-4-7-15-9-11/h4,7,9H,2-3,5-6,8H2,1H3. The number of likely N-dealkylation sites (tertiary alicyclic amines) is 1. The van der Waals surface area contributed by atoms with Gasteiger partial charge in [-0.3, -0.25) is 4.90 Å². The summed E-state index contributed by atoms with van der Waals surface area (Å²) in [6.07, 6.45) is 3.33. The van der Waals surface area contributed by atoms with Crippen LogP contribution in [0.2, 0.25) is 0 Å². The zero-order chi connectivity index (χ0) is 10.7. The van der Waals surface area contributed by atoms with Crippen LogP contribution < -0.4 is 0 Å². The quantitative estimate of drug-likeness (QED) is 0.783. The van der Waals surface area contributed by atoms with Crippen molar-refractivity contribution in [2.45, 2.75) is 31.7 Å². The Balaban J connectivity index is 2.11. The topological polar surface area (TPSA) is 27.0 Å². The van der Waals surface area contributed by atoms with Crippen molar-refractivity contribution in [1.29, 1.82) is 5.26 Å². The molecular formula is C12H16N2S. The number of nitrogens with zero attached hydrogens (tertiary/aromatic N) is 2. The molecule has 1 aromatic rings. The molecule has 0 saturated carbocycles.